The van der Waals surface area contributed by atoms with E-state index in [-0.39, 0.29) is 5.91 Å². The summed E-state index contributed by atoms with van der Waals surface area (Å²) in [5, 5.41) is 2.93. The molecule has 2 heteroatoms. The van der Waals surface area contributed by atoms with Gasteiger partial charge in [0, 0.05) is 6.04 Å². The summed E-state index contributed by atoms with van der Waals surface area (Å²) in [5.41, 5.74) is 0. The highest BCUT2D eigenvalue weighted by atomic mass is 16.1. The second-order valence-electron chi connectivity index (χ2n) is 3.83. The first-order valence-corrected chi connectivity index (χ1v) is 4.83. The lowest BCUT2D eigenvalue weighted by molar-refractivity contribution is -0.116. The van der Waals surface area contributed by atoms with Crippen LogP contribution in [0.25, 0.3) is 0 Å². The normalized spacial score (nSPS) is 24.0. The van der Waals surface area contributed by atoms with Crippen molar-refractivity contribution >= 4 is 5.91 Å². The lowest BCUT2D eigenvalue weighted by Crippen LogP contribution is -2.23. The van der Waals surface area contributed by atoms with Crippen molar-refractivity contribution in [3.05, 3.63) is 12.2 Å². The number of hydrogen-bond donors (Lipinski definition) is 1. The van der Waals surface area contributed by atoms with E-state index >= 15 is 0 Å². The standard InChI is InChI=1S/C10H15NO/c12-10(11-9-5-6-9)7-4-8-2-1-3-8/h4,7-9H,1-3,5-6H2,(H,11,12)/b7-4+. The quantitative estimate of drug-likeness (QED) is 0.633. The first kappa shape index (κ1) is 7.84. The minimum atomic E-state index is 0.101. The molecule has 0 aliphatic heterocycles. The zero-order valence-electron chi connectivity index (χ0n) is 7.25. The molecule has 0 spiro atoms. The molecular formula is C10H15NO. The van der Waals surface area contributed by atoms with Gasteiger partial charge in [-0.15, -0.1) is 0 Å². The zero-order valence-corrected chi connectivity index (χ0v) is 7.25. The van der Waals surface area contributed by atoms with Crippen molar-refractivity contribution < 1.29 is 4.79 Å². The van der Waals surface area contributed by atoms with Gasteiger partial charge in [0.2, 0.25) is 5.91 Å². The predicted octanol–water partition coefficient (Wildman–Crippen LogP) is 1.62. The van der Waals surface area contributed by atoms with Crippen LogP contribution in [0.15, 0.2) is 12.2 Å². The molecule has 0 aromatic carbocycles. The van der Waals surface area contributed by atoms with Crippen LogP contribution in [0.4, 0.5) is 0 Å². The number of hydrogen-bond acceptors (Lipinski definition) is 1. The Balaban J connectivity index is 1.68. The zero-order chi connectivity index (χ0) is 8.39. The van der Waals surface area contributed by atoms with Gasteiger partial charge in [0.15, 0.2) is 0 Å². The Bertz CT molecular complexity index is 202. The van der Waals surface area contributed by atoms with Crippen LogP contribution in [-0.4, -0.2) is 11.9 Å². The Morgan fingerprint density at radius 3 is 2.50 bits per heavy atom. The minimum Gasteiger partial charge on any atom is -0.350 e. The van der Waals surface area contributed by atoms with E-state index in [1.54, 1.807) is 6.08 Å². The molecule has 2 saturated carbocycles. The second kappa shape index (κ2) is 3.30. The maximum absolute atomic E-state index is 11.1. The summed E-state index contributed by atoms with van der Waals surface area (Å²) in [4.78, 5) is 11.1. The highest BCUT2D eigenvalue weighted by Gasteiger charge is 2.22. The maximum Gasteiger partial charge on any atom is 0.243 e. The van der Waals surface area contributed by atoms with Gasteiger partial charge in [0.1, 0.15) is 0 Å². The van der Waals surface area contributed by atoms with Crippen molar-refractivity contribution in [2.24, 2.45) is 5.92 Å². The van der Waals surface area contributed by atoms with Crippen molar-refractivity contribution in [3.63, 3.8) is 0 Å². The highest BCUT2D eigenvalue weighted by molar-refractivity contribution is 5.87. The molecule has 2 fully saturated rings. The Morgan fingerprint density at radius 2 is 2.00 bits per heavy atom. The van der Waals surface area contributed by atoms with Gasteiger partial charge in [-0.2, -0.15) is 0 Å². The molecule has 0 unspecified atom stereocenters. The van der Waals surface area contributed by atoms with Crippen LogP contribution in [0.3, 0.4) is 0 Å². The molecule has 0 bridgehead atoms. The van der Waals surface area contributed by atoms with E-state index < -0.39 is 0 Å². The first-order valence-electron chi connectivity index (χ1n) is 4.83. The van der Waals surface area contributed by atoms with Crippen LogP contribution < -0.4 is 5.32 Å². The van der Waals surface area contributed by atoms with E-state index in [0.717, 1.165) is 0 Å². The fraction of sp³-hybridized carbons (Fsp3) is 0.700. The summed E-state index contributed by atoms with van der Waals surface area (Å²) in [6.45, 7) is 0. The second-order valence-corrected chi connectivity index (χ2v) is 3.83. The van der Waals surface area contributed by atoms with Gasteiger partial charge in [0.25, 0.3) is 0 Å². The van der Waals surface area contributed by atoms with Gasteiger partial charge in [0.05, 0.1) is 0 Å². The molecule has 2 rings (SSSR count). The number of carbonyl (C=O) groups is 1. The van der Waals surface area contributed by atoms with E-state index in [1.807, 2.05) is 0 Å². The van der Waals surface area contributed by atoms with Crippen LogP contribution in [-0.2, 0) is 4.79 Å². The average Bonchev–Trinajstić information content (AvgIpc) is 2.68. The van der Waals surface area contributed by atoms with E-state index in [1.165, 1.54) is 32.1 Å². The third-order valence-electron chi connectivity index (χ3n) is 2.59. The van der Waals surface area contributed by atoms with Crippen LogP contribution in [0.2, 0.25) is 0 Å². The lowest BCUT2D eigenvalue weighted by Gasteiger charge is -2.20. The third-order valence-corrected chi connectivity index (χ3v) is 2.59. The summed E-state index contributed by atoms with van der Waals surface area (Å²) >= 11 is 0. The molecule has 12 heavy (non-hydrogen) atoms. The fourth-order valence-electron chi connectivity index (χ4n) is 1.33. The number of allylic oxidation sites excluding steroid dienone is 1. The third kappa shape index (κ3) is 2.10. The monoisotopic (exact) mass is 165 g/mol. The largest absolute Gasteiger partial charge is 0.350 e. The molecule has 0 atom stereocenters. The molecule has 2 aliphatic carbocycles. The van der Waals surface area contributed by atoms with Crippen molar-refractivity contribution in [1.29, 1.82) is 0 Å². The molecule has 0 aromatic rings. The van der Waals surface area contributed by atoms with E-state index in [4.69, 9.17) is 0 Å². The number of rotatable bonds is 3. The molecule has 0 radical (unpaired) electrons. The van der Waals surface area contributed by atoms with Crippen LogP contribution >= 0.6 is 0 Å². The summed E-state index contributed by atoms with van der Waals surface area (Å²) < 4.78 is 0. The molecule has 2 nitrogen and oxygen atoms in total. The number of amides is 1. The summed E-state index contributed by atoms with van der Waals surface area (Å²) in [7, 11) is 0. The summed E-state index contributed by atoms with van der Waals surface area (Å²) in [6, 6.07) is 0.489. The topological polar surface area (TPSA) is 29.1 Å². The van der Waals surface area contributed by atoms with Gasteiger partial charge in [-0.3, -0.25) is 4.79 Å². The molecule has 66 valence electrons. The first-order chi connectivity index (χ1) is 5.84. The highest BCUT2D eigenvalue weighted by Crippen LogP contribution is 2.27. The Labute approximate surface area is 73.0 Å². The molecule has 0 aromatic heterocycles. The van der Waals surface area contributed by atoms with E-state index in [9.17, 15) is 4.79 Å². The number of nitrogens with one attached hydrogen (secondary N) is 1. The van der Waals surface area contributed by atoms with Crippen LogP contribution in [0, 0.1) is 5.92 Å². The molecule has 1 N–H and O–H groups in total. The molecule has 2 aliphatic rings. The van der Waals surface area contributed by atoms with E-state index in [2.05, 4.69) is 11.4 Å². The van der Waals surface area contributed by atoms with Crippen LogP contribution in [0.1, 0.15) is 32.1 Å². The Hall–Kier alpha value is -0.790. The van der Waals surface area contributed by atoms with Gasteiger partial charge in [-0.1, -0.05) is 12.5 Å². The van der Waals surface area contributed by atoms with Crippen LogP contribution in [0.5, 0.6) is 0 Å². The minimum absolute atomic E-state index is 0.101. The van der Waals surface area contributed by atoms with Gasteiger partial charge >= 0.3 is 0 Å². The SMILES string of the molecule is O=C(/C=C/C1CCC1)NC1CC1. The molecular weight excluding hydrogens is 150 g/mol. The Morgan fingerprint density at radius 1 is 1.25 bits per heavy atom. The average molecular weight is 165 g/mol. The molecule has 1 amide bonds. The molecule has 0 heterocycles. The van der Waals surface area contributed by atoms with Gasteiger partial charge in [-0.05, 0) is 37.7 Å². The fourth-order valence-corrected chi connectivity index (χ4v) is 1.33. The van der Waals surface area contributed by atoms with Gasteiger partial charge < -0.3 is 5.32 Å². The summed E-state index contributed by atoms with van der Waals surface area (Å²) in [6.07, 6.45) is 9.98. The Kier molecular flexibility index (Phi) is 2.15. The van der Waals surface area contributed by atoms with Crippen molar-refractivity contribution in [2.75, 3.05) is 0 Å². The van der Waals surface area contributed by atoms with E-state index in [0.29, 0.717) is 12.0 Å². The summed E-state index contributed by atoms with van der Waals surface area (Å²) in [5.74, 6) is 0.791. The van der Waals surface area contributed by atoms with Crippen molar-refractivity contribution in [1.82, 2.24) is 5.32 Å². The van der Waals surface area contributed by atoms with Crippen molar-refractivity contribution in [2.45, 2.75) is 38.1 Å². The predicted molar refractivity (Wildman–Crippen MR) is 47.6 cm³/mol. The molecule has 0 saturated heterocycles. The lowest BCUT2D eigenvalue weighted by atomic mass is 9.85. The van der Waals surface area contributed by atoms with Crippen molar-refractivity contribution in [3.8, 4) is 0 Å². The van der Waals surface area contributed by atoms with Gasteiger partial charge in [-0.25, -0.2) is 0 Å². The number of carbonyl (C=O) groups excluding carboxylic acids is 1. The maximum atomic E-state index is 11.1. The smallest absolute Gasteiger partial charge is 0.243 e.